The highest BCUT2D eigenvalue weighted by Gasteiger charge is 2.17. The maximum absolute atomic E-state index is 13.1. The average Bonchev–Trinajstić information content (AvgIpc) is 2.56. The fourth-order valence-electron chi connectivity index (χ4n) is 1.76. The van der Waals surface area contributed by atoms with Crippen LogP contribution in [0, 0.1) is 11.6 Å². The Hall–Kier alpha value is -2.52. The van der Waals surface area contributed by atoms with Gasteiger partial charge in [0, 0.05) is 5.56 Å². The van der Waals surface area contributed by atoms with Crippen LogP contribution in [0.3, 0.4) is 0 Å². The van der Waals surface area contributed by atoms with E-state index in [9.17, 15) is 22.0 Å². The van der Waals surface area contributed by atoms with Gasteiger partial charge in [0.15, 0.2) is 11.6 Å². The molecule has 0 aliphatic rings. The predicted molar refractivity (Wildman–Crippen MR) is 81.8 cm³/mol. The van der Waals surface area contributed by atoms with Gasteiger partial charge in [-0.05, 0) is 49.4 Å². The van der Waals surface area contributed by atoms with E-state index in [-0.39, 0.29) is 5.56 Å². The number of rotatable bonds is 6. The molecule has 6 nitrogen and oxygen atoms in total. The number of carbonyl (C=O) groups excluding carboxylic acids is 1. The molecule has 2 rings (SSSR count). The third-order valence-electron chi connectivity index (χ3n) is 2.93. The van der Waals surface area contributed by atoms with Gasteiger partial charge in [-0.15, -0.1) is 4.83 Å². The number of benzene rings is 2. The quantitative estimate of drug-likeness (QED) is 0.775. The number of halogens is 2. The second-order valence-corrected chi connectivity index (χ2v) is 6.28. The van der Waals surface area contributed by atoms with Gasteiger partial charge in [-0.1, -0.05) is 0 Å². The fraction of sp³-hybridized carbons (Fsp3) is 0.133. The highest BCUT2D eigenvalue weighted by molar-refractivity contribution is 7.89. The maximum atomic E-state index is 13.1. The summed E-state index contributed by atoms with van der Waals surface area (Å²) in [5, 5.41) is 0. The first-order chi connectivity index (χ1) is 11.3. The molecule has 0 fully saturated rings. The van der Waals surface area contributed by atoms with Crippen LogP contribution in [-0.2, 0) is 10.0 Å². The molecular formula is C15H14F2N2O4S. The number of nitrogens with one attached hydrogen (secondary N) is 2. The lowest BCUT2D eigenvalue weighted by atomic mass is 10.2. The Morgan fingerprint density at radius 1 is 1.08 bits per heavy atom. The van der Waals surface area contributed by atoms with Crippen LogP contribution in [-0.4, -0.2) is 20.9 Å². The molecule has 128 valence electrons. The minimum Gasteiger partial charge on any atom is -0.494 e. The summed E-state index contributed by atoms with van der Waals surface area (Å²) < 4.78 is 55.0. The molecule has 0 radical (unpaired) electrons. The van der Waals surface area contributed by atoms with Gasteiger partial charge in [0.2, 0.25) is 0 Å². The largest absolute Gasteiger partial charge is 0.494 e. The molecule has 2 N–H and O–H groups in total. The normalized spacial score (nSPS) is 11.1. The van der Waals surface area contributed by atoms with Gasteiger partial charge in [0.05, 0.1) is 11.5 Å². The zero-order chi connectivity index (χ0) is 17.7. The van der Waals surface area contributed by atoms with Crippen LogP contribution in [0.4, 0.5) is 8.78 Å². The minimum atomic E-state index is -4.23. The van der Waals surface area contributed by atoms with Crippen molar-refractivity contribution in [3.05, 3.63) is 59.7 Å². The zero-order valence-electron chi connectivity index (χ0n) is 12.5. The monoisotopic (exact) mass is 356 g/mol. The summed E-state index contributed by atoms with van der Waals surface area (Å²) in [6.45, 7) is 2.28. The molecule has 0 heterocycles. The third-order valence-corrected chi connectivity index (χ3v) is 4.17. The maximum Gasteiger partial charge on any atom is 0.266 e. The van der Waals surface area contributed by atoms with Crippen molar-refractivity contribution in [2.45, 2.75) is 11.8 Å². The lowest BCUT2D eigenvalue weighted by Gasteiger charge is -2.09. The molecule has 0 aromatic heterocycles. The average molecular weight is 356 g/mol. The second kappa shape index (κ2) is 7.37. The third kappa shape index (κ3) is 4.27. The Morgan fingerprint density at radius 3 is 2.33 bits per heavy atom. The molecule has 2 aromatic rings. The molecule has 0 bridgehead atoms. The number of amides is 1. The minimum absolute atomic E-state index is 0.187. The van der Waals surface area contributed by atoms with Gasteiger partial charge < -0.3 is 4.74 Å². The molecule has 0 unspecified atom stereocenters. The van der Waals surface area contributed by atoms with Crippen LogP contribution in [0.5, 0.6) is 5.75 Å². The van der Waals surface area contributed by atoms with Gasteiger partial charge >= 0.3 is 0 Å². The molecule has 0 atom stereocenters. The number of hydrogen-bond acceptors (Lipinski definition) is 4. The van der Waals surface area contributed by atoms with E-state index < -0.39 is 32.5 Å². The number of ether oxygens (including phenoxy) is 1. The summed E-state index contributed by atoms with van der Waals surface area (Å²) in [6, 6.07) is 8.09. The lowest BCUT2D eigenvalue weighted by Crippen LogP contribution is -2.41. The first kappa shape index (κ1) is 17.8. The van der Waals surface area contributed by atoms with Gasteiger partial charge in [0.1, 0.15) is 5.75 Å². The predicted octanol–water partition coefficient (Wildman–Crippen LogP) is 1.99. The molecular weight excluding hydrogens is 342 g/mol. The van der Waals surface area contributed by atoms with Crippen LogP contribution in [0.25, 0.3) is 0 Å². The first-order valence-corrected chi connectivity index (χ1v) is 8.32. The van der Waals surface area contributed by atoms with Gasteiger partial charge in [0.25, 0.3) is 15.9 Å². The molecule has 0 spiro atoms. The van der Waals surface area contributed by atoms with Crippen molar-refractivity contribution < 1.29 is 26.7 Å². The lowest BCUT2D eigenvalue weighted by molar-refractivity contribution is 0.0945. The highest BCUT2D eigenvalue weighted by atomic mass is 32.2. The van der Waals surface area contributed by atoms with E-state index in [1.807, 2.05) is 17.2 Å². The van der Waals surface area contributed by atoms with E-state index in [1.54, 1.807) is 12.1 Å². The molecule has 24 heavy (non-hydrogen) atoms. The highest BCUT2D eigenvalue weighted by Crippen LogP contribution is 2.14. The summed E-state index contributed by atoms with van der Waals surface area (Å²) >= 11 is 0. The summed E-state index contributed by atoms with van der Waals surface area (Å²) in [4.78, 5) is 13.2. The fourth-order valence-corrected chi connectivity index (χ4v) is 2.61. The van der Waals surface area contributed by atoms with Crippen LogP contribution in [0.1, 0.15) is 17.3 Å². The Kier molecular flexibility index (Phi) is 5.47. The Bertz CT molecular complexity index is 839. The Balaban J connectivity index is 2.05. The summed E-state index contributed by atoms with van der Waals surface area (Å²) in [5.74, 6) is -2.64. The van der Waals surface area contributed by atoms with Crippen LogP contribution < -0.4 is 15.0 Å². The molecule has 0 saturated carbocycles. The second-order valence-electron chi connectivity index (χ2n) is 4.59. The van der Waals surface area contributed by atoms with E-state index in [2.05, 4.69) is 0 Å². The molecule has 2 aromatic carbocycles. The van der Waals surface area contributed by atoms with Crippen LogP contribution in [0.2, 0.25) is 0 Å². The van der Waals surface area contributed by atoms with Crippen molar-refractivity contribution >= 4 is 15.9 Å². The van der Waals surface area contributed by atoms with Crippen molar-refractivity contribution in [1.29, 1.82) is 0 Å². The summed E-state index contributed by atoms with van der Waals surface area (Å²) in [5.41, 5.74) is 2.18. The number of carbonyl (C=O) groups is 1. The van der Waals surface area contributed by atoms with Crippen LogP contribution >= 0.6 is 0 Å². The van der Waals surface area contributed by atoms with E-state index in [1.165, 1.54) is 12.1 Å². The van der Waals surface area contributed by atoms with Crippen molar-refractivity contribution in [3.8, 4) is 5.75 Å². The number of sulfonamides is 1. The zero-order valence-corrected chi connectivity index (χ0v) is 13.4. The number of hydrazine groups is 1. The topological polar surface area (TPSA) is 84.5 Å². The van der Waals surface area contributed by atoms with Gasteiger partial charge in [-0.25, -0.2) is 17.2 Å². The standard InChI is InChI=1S/C15H14F2N2O4S/c1-2-23-11-5-3-10(4-6-11)15(20)18-19-24(21,22)12-7-8-13(16)14(17)9-12/h3-9,19H,2H2,1H3,(H,18,20). The molecule has 0 saturated heterocycles. The Morgan fingerprint density at radius 2 is 1.75 bits per heavy atom. The van der Waals surface area contributed by atoms with Crippen molar-refractivity contribution in [1.82, 2.24) is 10.3 Å². The summed E-state index contributed by atoms with van der Waals surface area (Å²) in [7, 11) is -4.23. The van der Waals surface area contributed by atoms with Crippen molar-refractivity contribution in [2.24, 2.45) is 0 Å². The summed E-state index contributed by atoms with van der Waals surface area (Å²) in [6.07, 6.45) is 0. The van der Waals surface area contributed by atoms with Gasteiger partial charge in [-0.3, -0.25) is 10.2 Å². The smallest absolute Gasteiger partial charge is 0.266 e. The SMILES string of the molecule is CCOc1ccc(C(=O)NNS(=O)(=O)c2ccc(F)c(F)c2)cc1. The van der Waals surface area contributed by atoms with Gasteiger partial charge in [-0.2, -0.15) is 0 Å². The van der Waals surface area contributed by atoms with Crippen LogP contribution in [0.15, 0.2) is 47.4 Å². The molecule has 9 heteroatoms. The van der Waals surface area contributed by atoms with E-state index in [0.29, 0.717) is 24.5 Å². The molecule has 0 aliphatic heterocycles. The van der Waals surface area contributed by atoms with E-state index in [4.69, 9.17) is 4.74 Å². The first-order valence-electron chi connectivity index (χ1n) is 6.83. The molecule has 0 aliphatic carbocycles. The van der Waals surface area contributed by atoms with E-state index >= 15 is 0 Å². The molecule has 1 amide bonds. The van der Waals surface area contributed by atoms with Crippen molar-refractivity contribution in [2.75, 3.05) is 6.61 Å². The number of hydrogen-bond donors (Lipinski definition) is 2. The van der Waals surface area contributed by atoms with E-state index in [0.717, 1.165) is 6.07 Å². The Labute approximate surface area is 137 Å². The van der Waals surface area contributed by atoms with Crippen molar-refractivity contribution in [3.63, 3.8) is 0 Å².